The highest BCUT2D eigenvalue weighted by Crippen LogP contribution is 2.30. The summed E-state index contributed by atoms with van der Waals surface area (Å²) >= 11 is 0. The van der Waals surface area contributed by atoms with Crippen molar-refractivity contribution in [2.24, 2.45) is 5.92 Å². The Morgan fingerprint density at radius 2 is 2.06 bits per heavy atom. The second kappa shape index (κ2) is 4.58. The highest BCUT2D eigenvalue weighted by molar-refractivity contribution is 5.50. The van der Waals surface area contributed by atoms with E-state index in [2.05, 4.69) is 10.2 Å². The lowest BCUT2D eigenvalue weighted by atomic mass is 9.84. The number of anilines is 1. The lowest BCUT2D eigenvalue weighted by Gasteiger charge is -2.45. The first-order valence-electron chi connectivity index (χ1n) is 6.44. The summed E-state index contributed by atoms with van der Waals surface area (Å²) in [5, 5.41) is 12.2. The Morgan fingerprint density at radius 1 is 1.28 bits per heavy atom. The summed E-state index contributed by atoms with van der Waals surface area (Å²) in [6, 6.07) is 6.84. The van der Waals surface area contributed by atoms with Crippen LogP contribution in [0.3, 0.4) is 0 Å². The van der Waals surface area contributed by atoms with Gasteiger partial charge in [0.15, 0.2) is 0 Å². The van der Waals surface area contributed by atoms with Crippen molar-refractivity contribution in [1.82, 2.24) is 4.90 Å². The van der Waals surface area contributed by atoms with Gasteiger partial charge in [0.2, 0.25) is 0 Å². The molecule has 3 heterocycles. The predicted molar refractivity (Wildman–Crippen MR) is 67.7 cm³/mol. The van der Waals surface area contributed by atoms with Gasteiger partial charge in [0.05, 0.1) is 11.6 Å². The van der Waals surface area contributed by atoms with Gasteiger partial charge in [0, 0.05) is 18.3 Å². The lowest BCUT2D eigenvalue weighted by Crippen LogP contribution is -2.53. The van der Waals surface area contributed by atoms with Crippen molar-refractivity contribution in [2.75, 3.05) is 25.0 Å². The van der Waals surface area contributed by atoms with Crippen LogP contribution in [0.5, 0.6) is 0 Å². The Kier molecular flexibility index (Phi) is 2.92. The Hall–Kier alpha value is -1.60. The molecule has 1 aromatic rings. The molecule has 3 aliphatic rings. The van der Waals surface area contributed by atoms with E-state index in [0.717, 1.165) is 12.2 Å². The number of hydrogen-bond donors (Lipinski definition) is 1. The zero-order valence-corrected chi connectivity index (χ0v) is 10.2. The van der Waals surface area contributed by atoms with E-state index >= 15 is 0 Å². The largest absolute Gasteiger partial charge is 0.381 e. The minimum Gasteiger partial charge on any atom is -0.381 e. The van der Waals surface area contributed by atoms with Crippen LogP contribution in [0.25, 0.3) is 0 Å². The number of piperidine rings is 3. The van der Waals surface area contributed by atoms with E-state index < -0.39 is 0 Å². The fourth-order valence-electron chi connectivity index (χ4n) is 3.08. The van der Waals surface area contributed by atoms with Crippen LogP contribution < -0.4 is 5.32 Å². The quantitative estimate of drug-likeness (QED) is 0.868. The van der Waals surface area contributed by atoms with Gasteiger partial charge in [-0.05, 0) is 50.0 Å². The molecule has 0 aliphatic carbocycles. The van der Waals surface area contributed by atoms with E-state index in [1.165, 1.54) is 38.1 Å². The molecule has 94 valence electrons. The molecule has 1 atom stereocenters. The zero-order valence-electron chi connectivity index (χ0n) is 10.2. The number of hydrogen-bond acceptors (Lipinski definition) is 3. The number of rotatable bonds is 2. The molecule has 0 radical (unpaired) electrons. The van der Waals surface area contributed by atoms with E-state index in [0.29, 0.717) is 17.5 Å². The molecule has 1 aromatic carbocycles. The van der Waals surface area contributed by atoms with Crippen molar-refractivity contribution in [2.45, 2.75) is 18.9 Å². The normalized spacial score (nSPS) is 29.9. The minimum absolute atomic E-state index is 0.349. The van der Waals surface area contributed by atoms with Crippen LogP contribution in [-0.4, -0.2) is 30.6 Å². The van der Waals surface area contributed by atoms with Crippen molar-refractivity contribution in [1.29, 1.82) is 5.26 Å². The third kappa shape index (κ3) is 2.19. The molecule has 1 unspecified atom stereocenters. The third-order valence-corrected chi connectivity index (χ3v) is 4.04. The summed E-state index contributed by atoms with van der Waals surface area (Å²) in [6.07, 6.45) is 2.44. The maximum atomic E-state index is 13.4. The van der Waals surface area contributed by atoms with Gasteiger partial charge in [-0.25, -0.2) is 4.39 Å². The van der Waals surface area contributed by atoms with Gasteiger partial charge in [-0.3, -0.25) is 0 Å². The van der Waals surface area contributed by atoms with Gasteiger partial charge in [0.25, 0.3) is 0 Å². The van der Waals surface area contributed by atoms with Crippen molar-refractivity contribution >= 4 is 5.69 Å². The molecular formula is C14H16FN3. The van der Waals surface area contributed by atoms with Gasteiger partial charge < -0.3 is 10.2 Å². The summed E-state index contributed by atoms with van der Waals surface area (Å²) in [7, 11) is 0. The topological polar surface area (TPSA) is 39.1 Å². The van der Waals surface area contributed by atoms with Gasteiger partial charge in [-0.2, -0.15) is 5.26 Å². The molecule has 3 fully saturated rings. The van der Waals surface area contributed by atoms with Crippen LogP contribution in [0.1, 0.15) is 18.4 Å². The molecule has 1 N–H and O–H groups in total. The maximum Gasteiger partial charge on any atom is 0.126 e. The molecule has 3 nitrogen and oxygen atoms in total. The monoisotopic (exact) mass is 245 g/mol. The van der Waals surface area contributed by atoms with Gasteiger partial charge in [-0.1, -0.05) is 0 Å². The standard InChI is InChI=1S/C14H16FN3/c15-12-5-10(8-16)6-13(7-12)17-14-9-18-3-1-11(14)2-4-18/h5-7,11,14,17H,1-4,9H2. The number of nitrogens with one attached hydrogen (secondary N) is 1. The third-order valence-electron chi connectivity index (χ3n) is 4.04. The number of halogens is 1. The molecule has 2 bridgehead atoms. The van der Waals surface area contributed by atoms with E-state index in [9.17, 15) is 4.39 Å². The Bertz CT molecular complexity index is 486. The minimum atomic E-state index is -0.349. The first kappa shape index (κ1) is 11.5. The predicted octanol–water partition coefficient (Wildman–Crippen LogP) is 2.20. The van der Waals surface area contributed by atoms with Gasteiger partial charge >= 0.3 is 0 Å². The Morgan fingerprint density at radius 3 is 2.67 bits per heavy atom. The van der Waals surface area contributed by atoms with Crippen LogP contribution in [-0.2, 0) is 0 Å². The van der Waals surface area contributed by atoms with Crippen LogP contribution in [0.15, 0.2) is 18.2 Å². The second-order valence-corrected chi connectivity index (χ2v) is 5.23. The van der Waals surface area contributed by atoms with Crippen LogP contribution in [0.4, 0.5) is 10.1 Å². The fourth-order valence-corrected chi connectivity index (χ4v) is 3.08. The highest BCUT2D eigenvalue weighted by atomic mass is 19.1. The molecule has 4 rings (SSSR count). The lowest BCUT2D eigenvalue weighted by molar-refractivity contribution is 0.0975. The molecule has 0 spiro atoms. The smallest absolute Gasteiger partial charge is 0.126 e. The summed E-state index contributed by atoms with van der Waals surface area (Å²) in [5.74, 6) is 0.335. The maximum absolute atomic E-state index is 13.4. The van der Waals surface area contributed by atoms with Crippen molar-refractivity contribution in [3.8, 4) is 6.07 Å². The molecular weight excluding hydrogens is 229 g/mol. The number of nitrogens with zero attached hydrogens (tertiary/aromatic N) is 2. The van der Waals surface area contributed by atoms with Crippen LogP contribution in [0, 0.1) is 23.1 Å². The molecule has 18 heavy (non-hydrogen) atoms. The summed E-state index contributed by atoms with van der Waals surface area (Å²) < 4.78 is 13.4. The SMILES string of the molecule is N#Cc1cc(F)cc(NC2CN3CCC2CC3)c1. The molecule has 0 amide bonds. The average molecular weight is 245 g/mol. The fraction of sp³-hybridized carbons (Fsp3) is 0.500. The molecule has 0 aromatic heterocycles. The van der Waals surface area contributed by atoms with Gasteiger partial charge in [0.1, 0.15) is 5.82 Å². The van der Waals surface area contributed by atoms with Crippen LogP contribution in [0.2, 0.25) is 0 Å². The molecule has 3 saturated heterocycles. The molecule has 0 saturated carbocycles. The highest BCUT2D eigenvalue weighted by Gasteiger charge is 2.33. The number of nitriles is 1. The average Bonchev–Trinajstić information content (AvgIpc) is 2.39. The van der Waals surface area contributed by atoms with Crippen molar-refractivity contribution in [3.63, 3.8) is 0 Å². The summed E-state index contributed by atoms with van der Waals surface area (Å²) in [5.41, 5.74) is 1.10. The summed E-state index contributed by atoms with van der Waals surface area (Å²) in [6.45, 7) is 3.41. The Labute approximate surface area is 106 Å². The van der Waals surface area contributed by atoms with E-state index in [1.54, 1.807) is 6.07 Å². The summed E-state index contributed by atoms with van der Waals surface area (Å²) in [4.78, 5) is 2.45. The zero-order chi connectivity index (χ0) is 12.5. The molecule has 4 heteroatoms. The van der Waals surface area contributed by atoms with E-state index in [1.807, 2.05) is 6.07 Å². The van der Waals surface area contributed by atoms with Crippen LogP contribution >= 0.6 is 0 Å². The second-order valence-electron chi connectivity index (χ2n) is 5.23. The van der Waals surface area contributed by atoms with Gasteiger partial charge in [-0.15, -0.1) is 0 Å². The number of benzene rings is 1. The van der Waals surface area contributed by atoms with Crippen molar-refractivity contribution < 1.29 is 4.39 Å². The molecule has 3 aliphatic heterocycles. The Balaban J connectivity index is 1.77. The first-order valence-corrected chi connectivity index (χ1v) is 6.44. The van der Waals surface area contributed by atoms with E-state index in [4.69, 9.17) is 5.26 Å². The first-order chi connectivity index (χ1) is 8.74. The van der Waals surface area contributed by atoms with Crippen molar-refractivity contribution in [3.05, 3.63) is 29.6 Å². The number of fused-ring (bicyclic) bond motifs is 3. The van der Waals surface area contributed by atoms with E-state index in [-0.39, 0.29) is 5.82 Å².